The molecule has 0 unspecified atom stereocenters. The van der Waals surface area contributed by atoms with Crippen LogP contribution in [0.4, 0.5) is 11.5 Å². The van der Waals surface area contributed by atoms with Crippen LogP contribution in [0.3, 0.4) is 0 Å². The molecule has 3 heterocycles. The first kappa shape index (κ1) is 25.7. The fraction of sp³-hybridized carbons (Fsp3) is 0.655. The molecule has 35 heavy (non-hydrogen) atoms. The number of nitrogens with one attached hydrogen (secondary N) is 1. The molecule has 192 valence electrons. The van der Waals surface area contributed by atoms with Crippen LogP contribution in [-0.2, 0) is 6.42 Å². The molecule has 3 aromatic rings. The van der Waals surface area contributed by atoms with Crippen molar-refractivity contribution in [3.63, 3.8) is 0 Å². The number of aromatic nitrogens is 3. The maximum absolute atomic E-state index is 6.27. The van der Waals surface area contributed by atoms with Crippen LogP contribution in [0.15, 0.2) is 18.2 Å². The second-order valence-electron chi connectivity index (χ2n) is 12.2. The molecule has 0 radical (unpaired) electrons. The lowest BCUT2D eigenvalue weighted by molar-refractivity contribution is 0.142. The third-order valence-electron chi connectivity index (χ3n) is 8.08. The van der Waals surface area contributed by atoms with Crippen LogP contribution in [0.2, 0.25) is 0 Å². The summed E-state index contributed by atoms with van der Waals surface area (Å²) in [7, 11) is 0. The Labute approximate surface area is 211 Å². The summed E-state index contributed by atoms with van der Waals surface area (Å²) in [5.41, 5.74) is 11.1. The number of aryl methyl sites for hydroxylation is 1. The van der Waals surface area contributed by atoms with Gasteiger partial charge in [0.15, 0.2) is 0 Å². The van der Waals surface area contributed by atoms with Crippen molar-refractivity contribution in [1.82, 2.24) is 19.9 Å². The maximum atomic E-state index is 6.27. The van der Waals surface area contributed by atoms with E-state index in [2.05, 4.69) is 79.5 Å². The topological polar surface area (TPSA) is 74.1 Å². The molecule has 0 atom stereocenters. The average molecular weight is 479 g/mol. The predicted octanol–water partition coefficient (Wildman–Crippen LogP) is 6.40. The zero-order valence-corrected chi connectivity index (χ0v) is 22.9. The minimum absolute atomic E-state index is 0.351. The van der Waals surface area contributed by atoms with Crippen molar-refractivity contribution in [2.24, 2.45) is 10.8 Å². The number of pyridine rings is 1. The fourth-order valence-electron chi connectivity index (χ4n) is 5.16. The predicted molar refractivity (Wildman–Crippen MR) is 150 cm³/mol. The van der Waals surface area contributed by atoms with Gasteiger partial charge < -0.3 is 15.6 Å². The van der Waals surface area contributed by atoms with Crippen molar-refractivity contribution >= 4 is 33.4 Å². The Kier molecular flexibility index (Phi) is 7.60. The summed E-state index contributed by atoms with van der Waals surface area (Å²) in [4.78, 5) is 18.2. The summed E-state index contributed by atoms with van der Waals surface area (Å²) in [6, 6.07) is 6.56. The molecule has 6 heteroatoms. The van der Waals surface area contributed by atoms with E-state index in [9.17, 15) is 0 Å². The molecule has 0 aliphatic carbocycles. The van der Waals surface area contributed by atoms with Crippen LogP contribution >= 0.6 is 0 Å². The Morgan fingerprint density at radius 2 is 1.69 bits per heavy atom. The zero-order chi connectivity index (χ0) is 25.2. The molecule has 0 bridgehead atoms. The van der Waals surface area contributed by atoms with Gasteiger partial charge in [0.25, 0.3) is 0 Å². The Bertz CT molecular complexity index is 1140. The van der Waals surface area contributed by atoms with E-state index in [4.69, 9.17) is 10.7 Å². The lowest BCUT2D eigenvalue weighted by atomic mass is 9.77. The molecule has 1 saturated heterocycles. The number of fused-ring (bicyclic) bond motifs is 3. The van der Waals surface area contributed by atoms with E-state index >= 15 is 0 Å². The number of imidazole rings is 1. The van der Waals surface area contributed by atoms with Crippen molar-refractivity contribution in [1.29, 1.82) is 0 Å². The number of nitrogens with zero attached hydrogens (tertiary/aromatic N) is 4. The Morgan fingerprint density at radius 1 is 0.971 bits per heavy atom. The molecule has 3 N–H and O–H groups in total. The molecular formula is C29H46N6. The summed E-state index contributed by atoms with van der Waals surface area (Å²) < 4.78 is 0. The van der Waals surface area contributed by atoms with E-state index in [1.807, 2.05) is 0 Å². The summed E-state index contributed by atoms with van der Waals surface area (Å²) in [6.07, 6.45) is 7.05. The maximum Gasteiger partial charge on any atom is 0.150 e. The van der Waals surface area contributed by atoms with Crippen LogP contribution in [0.1, 0.15) is 79.5 Å². The van der Waals surface area contributed by atoms with Crippen LogP contribution in [0.5, 0.6) is 0 Å². The van der Waals surface area contributed by atoms with Crippen molar-refractivity contribution < 1.29 is 0 Å². The van der Waals surface area contributed by atoms with Crippen LogP contribution in [0.25, 0.3) is 21.9 Å². The van der Waals surface area contributed by atoms with Gasteiger partial charge in [-0.05, 0) is 48.3 Å². The van der Waals surface area contributed by atoms with Gasteiger partial charge >= 0.3 is 0 Å². The fourth-order valence-corrected chi connectivity index (χ4v) is 5.16. The van der Waals surface area contributed by atoms with Crippen LogP contribution in [-0.4, -0.2) is 52.6 Å². The number of nitrogen functional groups attached to an aromatic ring is 1. The molecule has 0 saturated carbocycles. The van der Waals surface area contributed by atoms with E-state index in [-0.39, 0.29) is 0 Å². The molecular weight excluding hydrogens is 432 g/mol. The molecule has 1 aliphatic heterocycles. The van der Waals surface area contributed by atoms with Crippen molar-refractivity contribution in [2.45, 2.75) is 80.1 Å². The van der Waals surface area contributed by atoms with Crippen LogP contribution < -0.4 is 10.6 Å². The number of hydrogen-bond donors (Lipinski definition) is 2. The number of aromatic amines is 1. The highest BCUT2D eigenvalue weighted by Crippen LogP contribution is 2.34. The molecule has 1 aliphatic rings. The summed E-state index contributed by atoms with van der Waals surface area (Å²) in [5.74, 6) is 1.54. The van der Waals surface area contributed by atoms with Gasteiger partial charge in [0.1, 0.15) is 22.7 Å². The molecule has 0 amide bonds. The van der Waals surface area contributed by atoms with E-state index in [0.29, 0.717) is 16.6 Å². The molecule has 1 aromatic carbocycles. The van der Waals surface area contributed by atoms with Crippen molar-refractivity contribution in [2.75, 3.05) is 43.4 Å². The SMILES string of the molecule is CCCCc1nc2c([nH]1)c(N)nc1ccc(N3CCN(CC(C)(C)CCC(C)(C)CC)CC3)cc12. The van der Waals surface area contributed by atoms with Gasteiger partial charge in [-0.15, -0.1) is 0 Å². The molecule has 1 fully saturated rings. The Hall–Kier alpha value is -2.34. The minimum atomic E-state index is 0.351. The highest BCUT2D eigenvalue weighted by Gasteiger charge is 2.27. The van der Waals surface area contributed by atoms with Gasteiger partial charge in [0.2, 0.25) is 0 Å². The van der Waals surface area contributed by atoms with Gasteiger partial charge in [-0.2, -0.15) is 0 Å². The summed E-state index contributed by atoms with van der Waals surface area (Å²) >= 11 is 0. The lowest BCUT2D eigenvalue weighted by Gasteiger charge is -2.40. The molecule has 2 aromatic heterocycles. The second kappa shape index (κ2) is 10.3. The number of benzene rings is 1. The molecule has 6 nitrogen and oxygen atoms in total. The number of rotatable bonds is 10. The number of hydrogen-bond acceptors (Lipinski definition) is 5. The minimum Gasteiger partial charge on any atom is -0.382 e. The first-order valence-electron chi connectivity index (χ1n) is 13.7. The van der Waals surface area contributed by atoms with Gasteiger partial charge in [0.05, 0.1) is 5.52 Å². The number of unbranched alkanes of at least 4 members (excludes halogenated alkanes) is 1. The number of piperazine rings is 1. The van der Waals surface area contributed by atoms with Gasteiger partial charge in [0, 0.05) is 50.2 Å². The quantitative estimate of drug-likeness (QED) is 0.353. The monoisotopic (exact) mass is 478 g/mol. The zero-order valence-electron chi connectivity index (χ0n) is 22.9. The molecule has 0 spiro atoms. The van der Waals surface area contributed by atoms with Gasteiger partial charge in [-0.3, -0.25) is 4.90 Å². The Balaban J connectivity index is 1.44. The Morgan fingerprint density at radius 3 is 2.37 bits per heavy atom. The average Bonchev–Trinajstić information content (AvgIpc) is 3.27. The standard InChI is InChI=1S/C29H46N6/c1-7-9-10-24-32-25-22-19-21(11-12-23(22)31-27(30)26(25)33-24)35-17-15-34(16-18-35)20-29(5,6)14-13-28(3,4)8-2/h11-12,19H,7-10,13-18,20H2,1-6H3,(H2,30,31)(H,32,33). The summed E-state index contributed by atoms with van der Waals surface area (Å²) in [6.45, 7) is 19.7. The number of nitrogens with two attached hydrogens (primary N) is 1. The van der Waals surface area contributed by atoms with E-state index in [1.54, 1.807) is 0 Å². The van der Waals surface area contributed by atoms with Gasteiger partial charge in [-0.25, -0.2) is 9.97 Å². The first-order chi connectivity index (χ1) is 16.6. The summed E-state index contributed by atoms with van der Waals surface area (Å²) in [5, 5.41) is 1.09. The number of H-pyrrole nitrogens is 1. The van der Waals surface area contributed by atoms with Crippen molar-refractivity contribution in [3.05, 3.63) is 24.0 Å². The third kappa shape index (κ3) is 6.08. The van der Waals surface area contributed by atoms with E-state index in [0.717, 1.165) is 73.2 Å². The molecule has 4 rings (SSSR count). The normalized spacial score (nSPS) is 16.0. The highest BCUT2D eigenvalue weighted by molar-refractivity contribution is 6.07. The lowest BCUT2D eigenvalue weighted by Crippen LogP contribution is -2.49. The number of anilines is 2. The van der Waals surface area contributed by atoms with Crippen molar-refractivity contribution in [3.8, 4) is 0 Å². The highest BCUT2D eigenvalue weighted by atomic mass is 15.3. The largest absolute Gasteiger partial charge is 0.382 e. The van der Waals surface area contributed by atoms with E-state index in [1.165, 1.54) is 31.5 Å². The van der Waals surface area contributed by atoms with Crippen LogP contribution in [0, 0.1) is 10.8 Å². The third-order valence-corrected chi connectivity index (χ3v) is 8.08. The first-order valence-corrected chi connectivity index (χ1v) is 13.7. The smallest absolute Gasteiger partial charge is 0.150 e. The second-order valence-corrected chi connectivity index (χ2v) is 12.2. The van der Waals surface area contributed by atoms with Gasteiger partial charge in [-0.1, -0.05) is 54.4 Å². The van der Waals surface area contributed by atoms with E-state index < -0.39 is 0 Å².